The minimum Gasteiger partial charge on any atom is -0.491 e. The lowest BCUT2D eigenvalue weighted by atomic mass is 10.0. The Balaban J connectivity index is 0.840. The van der Waals surface area contributed by atoms with E-state index in [-0.39, 0.29) is 61.2 Å². The number of carbonyl (C=O) groups is 5. The number of benzene rings is 2. The molecule has 2 aliphatic heterocycles. The van der Waals surface area contributed by atoms with Gasteiger partial charge in [-0.1, -0.05) is 0 Å². The van der Waals surface area contributed by atoms with Gasteiger partial charge in [-0.25, -0.2) is 0 Å². The minimum atomic E-state index is -4.54. The monoisotopic (exact) mass is 758 g/mol. The zero-order chi connectivity index (χ0) is 38.5. The summed E-state index contributed by atoms with van der Waals surface area (Å²) in [5.74, 6) is -1.72. The lowest BCUT2D eigenvalue weighted by Crippen LogP contribution is -2.54. The molecule has 1 aromatic heterocycles. The number of nitrogens with one attached hydrogen (secondary N) is 2. The summed E-state index contributed by atoms with van der Waals surface area (Å²) < 4.78 is 71.5. The molecule has 288 valence electrons. The molecule has 0 bridgehead atoms. The van der Waals surface area contributed by atoms with Gasteiger partial charge in [-0.15, -0.1) is 0 Å². The Kier molecular flexibility index (Phi) is 13.9. The number of imide groups is 2. The first-order chi connectivity index (χ1) is 26.0. The molecule has 3 heterocycles. The van der Waals surface area contributed by atoms with E-state index in [0.29, 0.717) is 63.7 Å². The van der Waals surface area contributed by atoms with Crippen molar-refractivity contribution < 1.29 is 65.6 Å². The molecule has 1 saturated heterocycles. The summed E-state index contributed by atoms with van der Waals surface area (Å²) in [5, 5.41) is 4.87. The van der Waals surface area contributed by atoms with Crippen LogP contribution in [-0.2, 0) is 34.8 Å². The number of carbonyl (C=O) groups excluding carboxylic acids is 5. The van der Waals surface area contributed by atoms with Gasteiger partial charge in [0.1, 0.15) is 35.6 Å². The predicted molar refractivity (Wildman–Crippen MR) is 180 cm³/mol. The summed E-state index contributed by atoms with van der Waals surface area (Å²) in [4.78, 5) is 65.9. The zero-order valence-corrected chi connectivity index (χ0v) is 28.9. The van der Waals surface area contributed by atoms with E-state index in [2.05, 4.69) is 15.6 Å². The van der Waals surface area contributed by atoms with E-state index < -0.39 is 41.4 Å². The van der Waals surface area contributed by atoms with Crippen molar-refractivity contribution >= 4 is 29.5 Å². The Hall–Kier alpha value is -5.59. The number of hydrogen-bond donors (Lipinski definition) is 2. The van der Waals surface area contributed by atoms with E-state index in [1.165, 1.54) is 42.6 Å². The summed E-state index contributed by atoms with van der Waals surface area (Å²) in [7, 11) is 0. The van der Waals surface area contributed by atoms with Gasteiger partial charge in [0.05, 0.1) is 55.9 Å². The third-order valence-electron chi connectivity index (χ3n) is 7.91. The summed E-state index contributed by atoms with van der Waals surface area (Å²) >= 11 is 0. The average molecular weight is 759 g/mol. The Bertz CT molecular complexity index is 1810. The molecule has 54 heavy (non-hydrogen) atoms. The van der Waals surface area contributed by atoms with Gasteiger partial charge in [-0.2, -0.15) is 13.2 Å². The SMILES string of the molecule is O=C(COc1ccc(Oc2cncc(C(F)(F)F)c2)cc1)NCCCOCCOCCOCCOc1ccc2c(c1)C(=O)N(C1CCC(=O)NC1=O)C2=O. The highest BCUT2D eigenvalue weighted by Crippen LogP contribution is 2.33. The smallest absolute Gasteiger partial charge is 0.418 e. The number of ether oxygens (including phenoxy) is 6. The maximum absolute atomic E-state index is 12.9. The topological polar surface area (TPSA) is 181 Å². The summed E-state index contributed by atoms with van der Waals surface area (Å²) in [6.07, 6.45) is -1.97. The van der Waals surface area contributed by atoms with Crippen molar-refractivity contribution in [2.75, 3.05) is 59.4 Å². The summed E-state index contributed by atoms with van der Waals surface area (Å²) in [6.45, 7) is 2.30. The summed E-state index contributed by atoms with van der Waals surface area (Å²) in [5.41, 5.74) is -0.628. The number of hydrogen-bond acceptors (Lipinski definition) is 12. The first kappa shape index (κ1) is 39.6. The summed E-state index contributed by atoms with van der Waals surface area (Å²) in [6, 6.07) is 10.3. The number of nitrogens with zero attached hydrogens (tertiary/aromatic N) is 2. The van der Waals surface area contributed by atoms with Crippen LogP contribution in [0.25, 0.3) is 0 Å². The molecule has 3 aromatic rings. The van der Waals surface area contributed by atoms with Crippen LogP contribution < -0.4 is 24.8 Å². The van der Waals surface area contributed by atoms with Crippen LogP contribution in [0, 0.1) is 0 Å². The molecule has 0 spiro atoms. The van der Waals surface area contributed by atoms with Gasteiger partial charge in [0.15, 0.2) is 6.61 Å². The second kappa shape index (κ2) is 18.9. The molecule has 1 unspecified atom stereocenters. The second-order valence-corrected chi connectivity index (χ2v) is 11.8. The molecule has 5 amide bonds. The van der Waals surface area contributed by atoms with Crippen LogP contribution in [0.1, 0.15) is 45.5 Å². The standard InChI is InChI=1S/C36H37F3N4O11/c37-36(38,39)23-18-27(21-40-20-23)54-25-4-2-24(3-5-25)53-22-32(45)41-10-1-11-49-12-13-50-14-15-51-16-17-52-26-6-7-28-29(19-26)35(48)43(34(28)47)30-8-9-31(44)42-33(30)46/h2-7,18-21,30H,1,8-17,22H2,(H,41,45)(H,42,44,46). The van der Waals surface area contributed by atoms with Crippen molar-refractivity contribution in [3.8, 4) is 23.0 Å². The Morgan fingerprint density at radius 2 is 1.43 bits per heavy atom. The molecule has 2 aliphatic rings. The molecule has 1 atom stereocenters. The highest BCUT2D eigenvalue weighted by molar-refractivity contribution is 6.23. The zero-order valence-electron chi connectivity index (χ0n) is 28.9. The van der Waals surface area contributed by atoms with Gasteiger partial charge in [0.2, 0.25) is 11.8 Å². The van der Waals surface area contributed by atoms with Crippen LogP contribution in [0.15, 0.2) is 60.9 Å². The maximum atomic E-state index is 12.9. The van der Waals surface area contributed by atoms with Crippen LogP contribution >= 0.6 is 0 Å². The highest BCUT2D eigenvalue weighted by Gasteiger charge is 2.44. The van der Waals surface area contributed by atoms with Crippen molar-refractivity contribution in [2.24, 2.45) is 0 Å². The molecule has 0 radical (unpaired) electrons. The minimum absolute atomic E-state index is 0.0411. The van der Waals surface area contributed by atoms with Crippen molar-refractivity contribution in [3.05, 3.63) is 77.6 Å². The lowest BCUT2D eigenvalue weighted by Gasteiger charge is -2.27. The molecule has 2 aromatic carbocycles. The van der Waals surface area contributed by atoms with Crippen LogP contribution in [0.4, 0.5) is 13.2 Å². The Labute approximate surface area is 307 Å². The van der Waals surface area contributed by atoms with E-state index >= 15 is 0 Å². The number of piperidine rings is 1. The second-order valence-electron chi connectivity index (χ2n) is 11.8. The first-order valence-corrected chi connectivity index (χ1v) is 16.9. The van der Waals surface area contributed by atoms with E-state index in [4.69, 9.17) is 28.4 Å². The van der Waals surface area contributed by atoms with E-state index in [9.17, 15) is 37.1 Å². The molecular formula is C36H37F3N4O11. The first-order valence-electron chi connectivity index (χ1n) is 16.9. The van der Waals surface area contributed by atoms with E-state index in [1.807, 2.05) is 0 Å². The van der Waals surface area contributed by atoms with Gasteiger partial charge in [-0.05, 0) is 61.4 Å². The lowest BCUT2D eigenvalue weighted by molar-refractivity contribution is -0.138. The van der Waals surface area contributed by atoms with E-state index in [0.717, 1.165) is 11.0 Å². The van der Waals surface area contributed by atoms with Crippen LogP contribution in [0.2, 0.25) is 0 Å². The molecule has 1 fully saturated rings. The fourth-order valence-electron chi connectivity index (χ4n) is 5.27. The van der Waals surface area contributed by atoms with Crippen LogP contribution in [0.5, 0.6) is 23.0 Å². The molecule has 15 nitrogen and oxygen atoms in total. The highest BCUT2D eigenvalue weighted by atomic mass is 19.4. The maximum Gasteiger partial charge on any atom is 0.418 e. The van der Waals surface area contributed by atoms with Crippen LogP contribution in [-0.4, -0.2) is 105 Å². The van der Waals surface area contributed by atoms with Gasteiger partial charge in [-0.3, -0.25) is 39.2 Å². The quantitative estimate of drug-likeness (QED) is 0.127. The van der Waals surface area contributed by atoms with Crippen molar-refractivity contribution in [1.29, 1.82) is 0 Å². The fourth-order valence-corrected chi connectivity index (χ4v) is 5.27. The molecule has 0 aliphatic carbocycles. The number of pyridine rings is 1. The van der Waals surface area contributed by atoms with Gasteiger partial charge < -0.3 is 33.7 Å². The molecule has 0 saturated carbocycles. The Morgan fingerprint density at radius 3 is 2.13 bits per heavy atom. The predicted octanol–water partition coefficient (Wildman–Crippen LogP) is 3.31. The third kappa shape index (κ3) is 11.2. The number of halogens is 3. The molecule has 5 rings (SSSR count). The molecule has 2 N–H and O–H groups in total. The van der Waals surface area contributed by atoms with Crippen molar-refractivity contribution in [2.45, 2.75) is 31.5 Å². The Morgan fingerprint density at radius 1 is 0.778 bits per heavy atom. The van der Waals surface area contributed by atoms with Gasteiger partial charge in [0.25, 0.3) is 17.7 Å². The number of alkyl halides is 3. The number of aromatic nitrogens is 1. The number of amides is 5. The van der Waals surface area contributed by atoms with Crippen molar-refractivity contribution in [1.82, 2.24) is 20.5 Å². The van der Waals surface area contributed by atoms with E-state index in [1.54, 1.807) is 6.07 Å². The average Bonchev–Trinajstić information content (AvgIpc) is 3.39. The largest absolute Gasteiger partial charge is 0.491 e. The third-order valence-corrected chi connectivity index (χ3v) is 7.91. The van der Waals surface area contributed by atoms with Crippen molar-refractivity contribution in [3.63, 3.8) is 0 Å². The van der Waals surface area contributed by atoms with Gasteiger partial charge in [0, 0.05) is 25.8 Å². The number of rotatable bonds is 20. The number of fused-ring (bicyclic) bond motifs is 1. The normalized spacial score (nSPS) is 15.5. The van der Waals surface area contributed by atoms with Crippen LogP contribution in [0.3, 0.4) is 0 Å². The fraction of sp³-hybridized carbons (Fsp3) is 0.389. The van der Waals surface area contributed by atoms with Gasteiger partial charge >= 0.3 is 6.18 Å². The molecular weight excluding hydrogens is 721 g/mol. The molecule has 18 heteroatoms.